The van der Waals surface area contributed by atoms with Gasteiger partial charge in [0.25, 0.3) is 0 Å². The molecule has 1 aliphatic rings. The minimum atomic E-state index is -0.178. The largest absolute Gasteiger partial charge is 0.374 e. The van der Waals surface area contributed by atoms with Gasteiger partial charge in [-0.1, -0.05) is 0 Å². The first-order valence-corrected chi connectivity index (χ1v) is 5.22. The van der Waals surface area contributed by atoms with Crippen molar-refractivity contribution in [3.63, 3.8) is 0 Å². The molecule has 0 fully saturated rings. The second-order valence-electron chi connectivity index (χ2n) is 3.81. The molecule has 0 aromatic heterocycles. The highest BCUT2D eigenvalue weighted by Gasteiger charge is 2.15. The maximum atomic E-state index is 8.54. The van der Waals surface area contributed by atoms with Crippen molar-refractivity contribution in [3.05, 3.63) is 23.8 Å². The van der Waals surface area contributed by atoms with Crippen molar-refractivity contribution in [1.82, 2.24) is 0 Å². The molecular formula is C12H11N5. The fraction of sp³-hybridized carbons (Fsp3) is 0.250. The predicted octanol–water partition coefficient (Wildman–Crippen LogP) is 1.49. The predicted molar refractivity (Wildman–Crippen MR) is 65.7 cm³/mol. The van der Waals surface area contributed by atoms with E-state index in [1.165, 1.54) is 11.3 Å². The summed E-state index contributed by atoms with van der Waals surface area (Å²) in [5, 5.41) is 20.8. The Labute approximate surface area is 99.6 Å². The van der Waals surface area contributed by atoms with Crippen LogP contribution in [-0.2, 0) is 6.42 Å². The summed E-state index contributed by atoms with van der Waals surface area (Å²) in [4.78, 5) is 2.19. The Bertz CT molecular complexity index is 531. The average molecular weight is 225 g/mol. The molecule has 0 bridgehead atoms. The summed E-state index contributed by atoms with van der Waals surface area (Å²) in [5.41, 5.74) is 5.81. The Morgan fingerprint density at radius 1 is 1.41 bits per heavy atom. The Balaban J connectivity index is 2.18. The molecule has 84 valence electrons. The summed E-state index contributed by atoms with van der Waals surface area (Å²) >= 11 is 0. The van der Waals surface area contributed by atoms with Crippen LogP contribution in [0.3, 0.4) is 0 Å². The molecule has 17 heavy (non-hydrogen) atoms. The molecule has 1 aromatic rings. The van der Waals surface area contributed by atoms with E-state index in [1.807, 2.05) is 18.2 Å². The summed E-state index contributed by atoms with van der Waals surface area (Å²) in [6.07, 6.45) is 1.01. The lowest BCUT2D eigenvalue weighted by molar-refractivity contribution is 0.956. The summed E-state index contributed by atoms with van der Waals surface area (Å²) in [6.45, 7) is 1.02. The summed E-state index contributed by atoms with van der Waals surface area (Å²) < 4.78 is 0. The zero-order valence-corrected chi connectivity index (χ0v) is 9.44. The van der Waals surface area contributed by atoms with Crippen LogP contribution in [-0.4, -0.2) is 19.3 Å². The molecule has 1 aromatic carbocycles. The van der Waals surface area contributed by atoms with Crippen molar-refractivity contribution >= 4 is 17.1 Å². The zero-order chi connectivity index (χ0) is 12.3. The maximum absolute atomic E-state index is 8.54. The number of likely N-dealkylation sites (N-methyl/N-ethyl adjacent to an activating group) is 1. The Morgan fingerprint density at radius 2 is 2.18 bits per heavy atom. The molecule has 0 spiro atoms. The molecule has 5 heteroatoms. The number of hydrazone groups is 1. The van der Waals surface area contributed by atoms with E-state index in [-0.39, 0.29) is 5.71 Å². The molecule has 0 saturated carbocycles. The second-order valence-corrected chi connectivity index (χ2v) is 3.81. The highest BCUT2D eigenvalue weighted by Crippen LogP contribution is 2.28. The molecule has 0 aliphatic carbocycles. The number of fused-ring (bicyclic) bond motifs is 1. The van der Waals surface area contributed by atoms with Crippen LogP contribution in [0.4, 0.5) is 11.4 Å². The van der Waals surface area contributed by atoms with Gasteiger partial charge in [0, 0.05) is 19.3 Å². The van der Waals surface area contributed by atoms with Crippen LogP contribution in [0.1, 0.15) is 5.56 Å². The van der Waals surface area contributed by atoms with Crippen LogP contribution in [0.2, 0.25) is 0 Å². The quantitative estimate of drug-likeness (QED) is 0.611. The third-order valence-corrected chi connectivity index (χ3v) is 2.72. The van der Waals surface area contributed by atoms with Crippen LogP contribution in [0.5, 0.6) is 0 Å². The lowest BCUT2D eigenvalue weighted by Gasteiger charge is -2.11. The number of nitriles is 2. The van der Waals surface area contributed by atoms with Gasteiger partial charge in [-0.3, -0.25) is 5.43 Å². The van der Waals surface area contributed by atoms with Gasteiger partial charge in [0.1, 0.15) is 12.1 Å². The number of rotatable bonds is 2. The van der Waals surface area contributed by atoms with E-state index in [0.29, 0.717) is 0 Å². The number of hydrogen-bond donors (Lipinski definition) is 1. The monoisotopic (exact) mass is 225 g/mol. The van der Waals surface area contributed by atoms with Crippen molar-refractivity contribution < 1.29 is 0 Å². The first-order valence-electron chi connectivity index (χ1n) is 5.22. The van der Waals surface area contributed by atoms with Gasteiger partial charge in [0.2, 0.25) is 5.71 Å². The molecule has 1 heterocycles. The van der Waals surface area contributed by atoms with Crippen molar-refractivity contribution in [3.8, 4) is 12.1 Å². The molecule has 0 radical (unpaired) electrons. The SMILES string of the molecule is CN1CCc2cc(NN=C(C#N)C#N)ccc21. The van der Waals surface area contributed by atoms with Crippen molar-refractivity contribution in [2.24, 2.45) is 5.10 Å². The average Bonchev–Trinajstić information content (AvgIpc) is 2.72. The molecule has 1 N–H and O–H groups in total. The second kappa shape index (κ2) is 4.54. The van der Waals surface area contributed by atoms with Gasteiger partial charge in [-0.05, 0) is 30.2 Å². The van der Waals surface area contributed by atoms with E-state index in [4.69, 9.17) is 10.5 Å². The van der Waals surface area contributed by atoms with E-state index in [2.05, 4.69) is 22.5 Å². The molecule has 5 nitrogen and oxygen atoms in total. The molecule has 0 atom stereocenters. The Hall–Kier alpha value is -2.53. The van der Waals surface area contributed by atoms with Gasteiger partial charge in [-0.15, -0.1) is 0 Å². The van der Waals surface area contributed by atoms with Crippen LogP contribution >= 0.6 is 0 Å². The number of benzene rings is 1. The topological polar surface area (TPSA) is 75.2 Å². The molecule has 0 saturated heterocycles. The van der Waals surface area contributed by atoms with E-state index in [9.17, 15) is 0 Å². The minimum absolute atomic E-state index is 0.178. The summed E-state index contributed by atoms with van der Waals surface area (Å²) in [6, 6.07) is 9.29. The number of anilines is 2. The van der Waals surface area contributed by atoms with E-state index < -0.39 is 0 Å². The smallest absolute Gasteiger partial charge is 0.237 e. The fourth-order valence-corrected chi connectivity index (χ4v) is 1.83. The van der Waals surface area contributed by atoms with Crippen LogP contribution in [0.25, 0.3) is 0 Å². The van der Waals surface area contributed by atoms with Crippen molar-refractivity contribution in [1.29, 1.82) is 10.5 Å². The van der Waals surface area contributed by atoms with E-state index in [0.717, 1.165) is 18.7 Å². The van der Waals surface area contributed by atoms with Gasteiger partial charge in [-0.2, -0.15) is 15.6 Å². The third kappa shape index (κ3) is 2.19. The first kappa shape index (κ1) is 11.0. The van der Waals surface area contributed by atoms with E-state index >= 15 is 0 Å². The van der Waals surface area contributed by atoms with Gasteiger partial charge in [0.05, 0.1) is 5.69 Å². The minimum Gasteiger partial charge on any atom is -0.374 e. The molecular weight excluding hydrogens is 214 g/mol. The highest BCUT2D eigenvalue weighted by atomic mass is 15.3. The summed E-state index contributed by atoms with van der Waals surface area (Å²) in [7, 11) is 2.06. The Kier molecular flexibility index (Phi) is 2.93. The molecule has 0 amide bonds. The molecule has 0 unspecified atom stereocenters. The van der Waals surface area contributed by atoms with Gasteiger partial charge in [0.15, 0.2) is 0 Å². The summed E-state index contributed by atoms with van der Waals surface area (Å²) in [5.74, 6) is 0. The highest BCUT2D eigenvalue weighted by molar-refractivity contribution is 6.10. The zero-order valence-electron chi connectivity index (χ0n) is 9.44. The number of hydrogen-bond acceptors (Lipinski definition) is 5. The van der Waals surface area contributed by atoms with Gasteiger partial charge in [-0.25, -0.2) is 0 Å². The van der Waals surface area contributed by atoms with Crippen LogP contribution in [0, 0.1) is 22.7 Å². The third-order valence-electron chi connectivity index (χ3n) is 2.72. The van der Waals surface area contributed by atoms with Crippen LogP contribution in [0.15, 0.2) is 23.3 Å². The lowest BCUT2D eigenvalue weighted by Crippen LogP contribution is -2.12. The number of nitrogens with zero attached hydrogens (tertiary/aromatic N) is 4. The molecule has 1 aliphatic heterocycles. The molecule has 2 rings (SSSR count). The maximum Gasteiger partial charge on any atom is 0.237 e. The first-order chi connectivity index (χ1) is 8.24. The fourth-order valence-electron chi connectivity index (χ4n) is 1.83. The van der Waals surface area contributed by atoms with Crippen molar-refractivity contribution in [2.75, 3.05) is 23.9 Å². The number of nitrogens with one attached hydrogen (secondary N) is 1. The normalized spacial score (nSPS) is 12.3. The van der Waals surface area contributed by atoms with Crippen molar-refractivity contribution in [2.45, 2.75) is 6.42 Å². The standard InChI is InChI=1S/C12H11N5/c1-17-5-4-9-6-10(2-3-12(9)17)15-16-11(7-13)8-14/h2-3,6,15H,4-5H2,1H3. The lowest BCUT2D eigenvalue weighted by atomic mass is 10.1. The van der Waals surface area contributed by atoms with Gasteiger partial charge >= 0.3 is 0 Å². The van der Waals surface area contributed by atoms with E-state index in [1.54, 1.807) is 12.1 Å². The Morgan fingerprint density at radius 3 is 2.88 bits per heavy atom. The van der Waals surface area contributed by atoms with Crippen LogP contribution < -0.4 is 10.3 Å². The van der Waals surface area contributed by atoms with Gasteiger partial charge < -0.3 is 4.90 Å².